The molecule has 66 valence electrons. The fraction of sp³-hybridized carbons (Fsp3) is 0.833. The minimum atomic E-state index is -0.525. The number of nitrogens with zero attached hydrogens (tertiary/aromatic N) is 1. The summed E-state index contributed by atoms with van der Waals surface area (Å²) in [5, 5.41) is 8.88. The lowest BCUT2D eigenvalue weighted by atomic mass is 10.4. The maximum atomic E-state index is 10.9. The van der Waals surface area contributed by atoms with Crippen molar-refractivity contribution in [2.24, 2.45) is 0 Å². The van der Waals surface area contributed by atoms with Crippen LogP contribution in [-0.2, 0) is 4.84 Å². The van der Waals surface area contributed by atoms with Crippen LogP contribution >= 0.6 is 0 Å². The highest BCUT2D eigenvalue weighted by atomic mass is 16.6. The predicted octanol–water partition coefficient (Wildman–Crippen LogP) is -0.430. The number of aliphatic hydroxyl groups excluding tert-OH is 1. The number of hydrogen-bond donors (Lipinski definition) is 2. The third-order valence-corrected chi connectivity index (χ3v) is 1.07. The van der Waals surface area contributed by atoms with Gasteiger partial charge in [0.2, 0.25) is 0 Å². The van der Waals surface area contributed by atoms with E-state index < -0.39 is 6.10 Å². The lowest BCUT2D eigenvalue weighted by Crippen LogP contribution is -2.40. The molecule has 5 heteroatoms. The molecule has 2 N–H and O–H groups in total. The maximum Gasteiger partial charge on any atom is 0.341 e. The maximum absolute atomic E-state index is 10.9. The van der Waals surface area contributed by atoms with Crippen molar-refractivity contribution in [3.8, 4) is 0 Å². The summed E-state index contributed by atoms with van der Waals surface area (Å²) in [6.07, 6.45) is -0.525. The van der Waals surface area contributed by atoms with E-state index in [1.165, 1.54) is 12.0 Å². The van der Waals surface area contributed by atoms with Gasteiger partial charge in [-0.1, -0.05) is 0 Å². The van der Waals surface area contributed by atoms with Crippen molar-refractivity contribution >= 4 is 6.03 Å². The molecule has 0 aromatic heterocycles. The Kier molecular flexibility index (Phi) is 4.56. The zero-order chi connectivity index (χ0) is 8.85. The summed E-state index contributed by atoms with van der Waals surface area (Å²) in [5.74, 6) is 0. The highest BCUT2D eigenvalue weighted by molar-refractivity contribution is 5.72. The van der Waals surface area contributed by atoms with Gasteiger partial charge in [-0.25, -0.2) is 10.3 Å². The van der Waals surface area contributed by atoms with Crippen LogP contribution in [-0.4, -0.2) is 42.8 Å². The number of nitrogens with one attached hydrogen (secondary N) is 1. The number of likely N-dealkylation sites (N-methyl/N-ethyl adjacent to an activating group) is 1. The standard InChI is InChI=1S/C6H14N2O3/c1-5(9)4-8(2)6(10)7-11-3/h5,9H,4H2,1-3H3,(H,7,10). The third kappa shape index (κ3) is 4.58. The van der Waals surface area contributed by atoms with E-state index in [-0.39, 0.29) is 12.6 Å². The topological polar surface area (TPSA) is 61.8 Å². The van der Waals surface area contributed by atoms with E-state index in [9.17, 15) is 4.79 Å². The first kappa shape index (κ1) is 10.2. The fourth-order valence-corrected chi connectivity index (χ4v) is 0.644. The molecule has 0 aliphatic heterocycles. The first-order valence-electron chi connectivity index (χ1n) is 3.30. The number of hydrogen-bond acceptors (Lipinski definition) is 3. The molecule has 0 radical (unpaired) electrons. The van der Waals surface area contributed by atoms with Crippen LogP contribution in [0.5, 0.6) is 0 Å². The van der Waals surface area contributed by atoms with Crippen molar-refractivity contribution in [3.63, 3.8) is 0 Å². The highest BCUT2D eigenvalue weighted by Gasteiger charge is 2.08. The van der Waals surface area contributed by atoms with E-state index in [0.717, 1.165) is 0 Å². The van der Waals surface area contributed by atoms with Crippen LogP contribution in [0.25, 0.3) is 0 Å². The first-order valence-corrected chi connectivity index (χ1v) is 3.30. The molecule has 5 nitrogen and oxygen atoms in total. The van der Waals surface area contributed by atoms with E-state index in [2.05, 4.69) is 10.3 Å². The molecule has 1 unspecified atom stereocenters. The van der Waals surface area contributed by atoms with Crippen LogP contribution in [0.15, 0.2) is 0 Å². The monoisotopic (exact) mass is 162 g/mol. The Bertz CT molecular complexity index is 127. The molecular formula is C6H14N2O3. The molecule has 0 spiro atoms. The molecular weight excluding hydrogens is 148 g/mol. The van der Waals surface area contributed by atoms with Crippen LogP contribution in [0.4, 0.5) is 4.79 Å². The van der Waals surface area contributed by atoms with Crippen molar-refractivity contribution in [1.82, 2.24) is 10.4 Å². The largest absolute Gasteiger partial charge is 0.392 e. The second-order valence-corrected chi connectivity index (χ2v) is 2.34. The molecule has 0 aromatic carbocycles. The van der Waals surface area contributed by atoms with Crippen molar-refractivity contribution in [2.45, 2.75) is 13.0 Å². The van der Waals surface area contributed by atoms with Gasteiger partial charge in [-0.2, -0.15) is 0 Å². The number of amides is 2. The van der Waals surface area contributed by atoms with Gasteiger partial charge in [-0.3, -0.25) is 4.84 Å². The summed E-state index contributed by atoms with van der Waals surface area (Å²) in [4.78, 5) is 16.6. The average Bonchev–Trinajstić information content (AvgIpc) is 1.86. The molecule has 1 atom stereocenters. The van der Waals surface area contributed by atoms with E-state index >= 15 is 0 Å². The van der Waals surface area contributed by atoms with Gasteiger partial charge in [-0.05, 0) is 6.92 Å². The van der Waals surface area contributed by atoms with E-state index in [1.54, 1.807) is 14.0 Å². The van der Waals surface area contributed by atoms with Crippen LogP contribution in [0.2, 0.25) is 0 Å². The quantitative estimate of drug-likeness (QED) is 0.553. The Labute approximate surface area is 65.9 Å². The molecule has 0 saturated carbocycles. The molecule has 0 heterocycles. The minimum absolute atomic E-state index is 0.287. The second-order valence-electron chi connectivity index (χ2n) is 2.34. The SMILES string of the molecule is CONC(=O)N(C)CC(C)O. The average molecular weight is 162 g/mol. The Hall–Kier alpha value is -0.810. The number of carbonyl (C=O) groups is 1. The summed E-state index contributed by atoms with van der Waals surface area (Å²) >= 11 is 0. The van der Waals surface area contributed by atoms with Gasteiger partial charge in [0.25, 0.3) is 0 Å². The minimum Gasteiger partial charge on any atom is -0.392 e. The smallest absolute Gasteiger partial charge is 0.341 e. The summed E-state index contributed by atoms with van der Waals surface area (Å²) < 4.78 is 0. The molecule has 0 bridgehead atoms. The van der Waals surface area contributed by atoms with Crippen LogP contribution in [0.3, 0.4) is 0 Å². The summed E-state index contributed by atoms with van der Waals surface area (Å²) in [7, 11) is 2.93. The Morgan fingerprint density at radius 2 is 2.36 bits per heavy atom. The van der Waals surface area contributed by atoms with Gasteiger partial charge in [0, 0.05) is 13.6 Å². The molecule has 0 aliphatic rings. The van der Waals surface area contributed by atoms with Gasteiger partial charge in [-0.15, -0.1) is 0 Å². The van der Waals surface area contributed by atoms with Crippen LogP contribution in [0, 0.1) is 0 Å². The molecule has 0 fully saturated rings. The predicted molar refractivity (Wildman–Crippen MR) is 39.9 cm³/mol. The lowest BCUT2D eigenvalue weighted by Gasteiger charge is -2.17. The van der Waals surface area contributed by atoms with Gasteiger partial charge in [0.15, 0.2) is 0 Å². The number of rotatable bonds is 3. The molecule has 0 saturated heterocycles. The van der Waals surface area contributed by atoms with E-state index in [1.807, 2.05) is 0 Å². The first-order chi connectivity index (χ1) is 5.07. The van der Waals surface area contributed by atoms with E-state index in [4.69, 9.17) is 5.11 Å². The Balaban J connectivity index is 3.64. The van der Waals surface area contributed by atoms with E-state index in [0.29, 0.717) is 0 Å². The number of carbonyl (C=O) groups excluding carboxylic acids is 1. The summed E-state index contributed by atoms with van der Waals surface area (Å²) in [5.41, 5.74) is 2.13. The second kappa shape index (κ2) is 4.92. The lowest BCUT2D eigenvalue weighted by molar-refractivity contribution is 0.0802. The van der Waals surface area contributed by atoms with Crippen LogP contribution < -0.4 is 5.48 Å². The molecule has 0 aromatic rings. The summed E-state index contributed by atoms with van der Waals surface area (Å²) in [6, 6.07) is -0.367. The zero-order valence-electron chi connectivity index (χ0n) is 7.00. The molecule has 2 amide bonds. The van der Waals surface area contributed by atoms with Crippen molar-refractivity contribution < 1.29 is 14.7 Å². The van der Waals surface area contributed by atoms with Crippen LogP contribution in [0.1, 0.15) is 6.92 Å². The zero-order valence-corrected chi connectivity index (χ0v) is 7.00. The van der Waals surface area contributed by atoms with Crippen molar-refractivity contribution in [1.29, 1.82) is 0 Å². The normalized spacial score (nSPS) is 12.4. The Morgan fingerprint density at radius 1 is 1.82 bits per heavy atom. The number of aliphatic hydroxyl groups is 1. The van der Waals surface area contributed by atoms with Crippen molar-refractivity contribution in [2.75, 3.05) is 20.7 Å². The van der Waals surface area contributed by atoms with Gasteiger partial charge >= 0.3 is 6.03 Å². The Morgan fingerprint density at radius 3 is 2.73 bits per heavy atom. The van der Waals surface area contributed by atoms with Crippen molar-refractivity contribution in [3.05, 3.63) is 0 Å². The van der Waals surface area contributed by atoms with Gasteiger partial charge in [0.05, 0.1) is 13.2 Å². The fourth-order valence-electron chi connectivity index (χ4n) is 0.644. The molecule has 0 aliphatic carbocycles. The number of urea groups is 1. The summed E-state index contributed by atoms with van der Waals surface area (Å²) in [6.45, 7) is 1.89. The van der Waals surface area contributed by atoms with Gasteiger partial charge < -0.3 is 10.0 Å². The highest BCUT2D eigenvalue weighted by Crippen LogP contribution is 1.87. The van der Waals surface area contributed by atoms with Gasteiger partial charge in [0.1, 0.15) is 0 Å². The molecule has 11 heavy (non-hydrogen) atoms. The molecule has 0 rings (SSSR count). The number of hydroxylamine groups is 1. The third-order valence-electron chi connectivity index (χ3n) is 1.07.